The Morgan fingerprint density at radius 2 is 1.36 bits per heavy atom. The highest BCUT2D eigenvalue weighted by atomic mass is 19.1. The summed E-state index contributed by atoms with van der Waals surface area (Å²) in [7, 11) is 0. The lowest BCUT2D eigenvalue weighted by molar-refractivity contribution is -0.117. The molecular formula is C21H19F2NO. The minimum atomic E-state index is -0.286. The second-order valence-corrected chi connectivity index (χ2v) is 5.52. The zero-order chi connectivity index (χ0) is 18.1. The highest BCUT2D eigenvalue weighted by Gasteiger charge is 2.01. The van der Waals surface area contributed by atoms with E-state index >= 15 is 0 Å². The Hall–Kier alpha value is -3.01. The second-order valence-electron chi connectivity index (χ2n) is 5.52. The van der Waals surface area contributed by atoms with E-state index in [-0.39, 0.29) is 17.5 Å². The van der Waals surface area contributed by atoms with Crippen molar-refractivity contribution in [2.75, 3.05) is 0 Å². The summed E-state index contributed by atoms with van der Waals surface area (Å²) in [5, 5.41) is 0. The molecule has 2 nitrogen and oxygen atoms in total. The van der Waals surface area contributed by atoms with Crippen molar-refractivity contribution in [1.82, 2.24) is 0 Å². The fourth-order valence-corrected chi connectivity index (χ4v) is 2.26. The van der Waals surface area contributed by atoms with Gasteiger partial charge in [-0.1, -0.05) is 60.7 Å². The summed E-state index contributed by atoms with van der Waals surface area (Å²) in [6.07, 6.45) is 0.827. The Morgan fingerprint density at radius 3 is 1.96 bits per heavy atom. The van der Waals surface area contributed by atoms with Gasteiger partial charge in [-0.25, -0.2) is 8.78 Å². The van der Waals surface area contributed by atoms with Crippen molar-refractivity contribution >= 4 is 5.91 Å². The van der Waals surface area contributed by atoms with Crippen molar-refractivity contribution < 1.29 is 13.6 Å². The molecule has 2 N–H and O–H groups in total. The zero-order valence-corrected chi connectivity index (χ0v) is 13.7. The van der Waals surface area contributed by atoms with E-state index in [0.717, 1.165) is 11.1 Å². The molecule has 0 aliphatic rings. The molecule has 0 radical (unpaired) electrons. The third-order valence-electron chi connectivity index (χ3n) is 3.49. The van der Waals surface area contributed by atoms with Crippen LogP contribution in [0.15, 0.2) is 78.9 Å². The average Bonchev–Trinajstić information content (AvgIpc) is 2.60. The molecular weight excluding hydrogens is 320 g/mol. The largest absolute Gasteiger partial charge is 0.369 e. The Kier molecular flexibility index (Phi) is 6.84. The molecule has 0 saturated heterocycles. The molecule has 3 aromatic carbocycles. The number of rotatable bonds is 4. The minimum absolute atomic E-state index is 0.221. The maximum absolute atomic E-state index is 13.3. The quantitative estimate of drug-likeness (QED) is 0.758. The van der Waals surface area contributed by atoms with Crippen LogP contribution in [0.5, 0.6) is 0 Å². The van der Waals surface area contributed by atoms with Crippen molar-refractivity contribution in [3.8, 4) is 0 Å². The van der Waals surface area contributed by atoms with Gasteiger partial charge in [0.25, 0.3) is 0 Å². The summed E-state index contributed by atoms with van der Waals surface area (Å²) in [6, 6.07) is 22.2. The van der Waals surface area contributed by atoms with E-state index < -0.39 is 0 Å². The van der Waals surface area contributed by atoms with Crippen molar-refractivity contribution in [3.05, 3.63) is 107 Å². The van der Waals surface area contributed by atoms with Gasteiger partial charge in [-0.2, -0.15) is 0 Å². The van der Waals surface area contributed by atoms with E-state index in [1.807, 2.05) is 30.3 Å². The van der Waals surface area contributed by atoms with Crippen LogP contribution in [0.2, 0.25) is 0 Å². The number of nitrogens with two attached hydrogens (primary N) is 1. The third kappa shape index (κ3) is 6.55. The summed E-state index contributed by atoms with van der Waals surface area (Å²) < 4.78 is 25.9. The first-order chi connectivity index (χ1) is 12.0. The van der Waals surface area contributed by atoms with Crippen LogP contribution in [-0.2, 0) is 17.6 Å². The fourth-order valence-electron chi connectivity index (χ4n) is 2.26. The number of primary amides is 1. The monoisotopic (exact) mass is 339 g/mol. The molecule has 0 bridgehead atoms. The number of carbonyl (C=O) groups is 1. The first kappa shape index (κ1) is 18.3. The SMILES string of the molecule is Fc1ccc(Cc2ccccc2F)cc1.NC(=O)Cc1ccccc1. The first-order valence-corrected chi connectivity index (χ1v) is 7.84. The zero-order valence-electron chi connectivity index (χ0n) is 13.7. The number of carbonyl (C=O) groups excluding carboxylic acids is 1. The summed E-state index contributed by atoms with van der Waals surface area (Å²) in [5.41, 5.74) is 7.49. The van der Waals surface area contributed by atoms with E-state index in [1.165, 1.54) is 18.2 Å². The van der Waals surface area contributed by atoms with Crippen LogP contribution in [-0.4, -0.2) is 5.91 Å². The fraction of sp³-hybridized carbons (Fsp3) is 0.0952. The van der Waals surface area contributed by atoms with Crippen LogP contribution in [0.25, 0.3) is 0 Å². The number of amides is 1. The van der Waals surface area contributed by atoms with E-state index in [1.54, 1.807) is 30.3 Å². The van der Waals surface area contributed by atoms with Gasteiger partial charge in [-0.3, -0.25) is 4.79 Å². The summed E-state index contributed by atoms with van der Waals surface area (Å²) >= 11 is 0. The summed E-state index contributed by atoms with van der Waals surface area (Å²) in [6.45, 7) is 0. The van der Waals surface area contributed by atoms with E-state index in [9.17, 15) is 13.6 Å². The number of halogens is 2. The molecule has 0 atom stereocenters. The molecule has 0 unspecified atom stereocenters. The lowest BCUT2D eigenvalue weighted by Crippen LogP contribution is -2.13. The molecule has 0 spiro atoms. The molecule has 0 saturated carbocycles. The van der Waals surface area contributed by atoms with Crippen molar-refractivity contribution in [3.63, 3.8) is 0 Å². The maximum Gasteiger partial charge on any atom is 0.221 e. The molecule has 3 rings (SSSR count). The van der Waals surface area contributed by atoms with Gasteiger partial charge in [0.2, 0.25) is 5.91 Å². The van der Waals surface area contributed by atoms with Gasteiger partial charge in [0, 0.05) is 6.42 Å². The Bertz CT molecular complexity index is 802. The molecule has 4 heteroatoms. The van der Waals surface area contributed by atoms with E-state index in [2.05, 4.69) is 0 Å². The Balaban J connectivity index is 0.000000196. The molecule has 0 aromatic heterocycles. The van der Waals surface area contributed by atoms with Gasteiger partial charge in [-0.05, 0) is 34.9 Å². The molecule has 0 aliphatic heterocycles. The van der Waals surface area contributed by atoms with Gasteiger partial charge < -0.3 is 5.73 Å². The Morgan fingerprint density at radius 1 is 0.760 bits per heavy atom. The molecule has 25 heavy (non-hydrogen) atoms. The van der Waals surface area contributed by atoms with Crippen LogP contribution in [0, 0.1) is 11.6 Å². The lowest BCUT2D eigenvalue weighted by Gasteiger charge is -2.02. The highest BCUT2D eigenvalue weighted by Crippen LogP contribution is 2.13. The van der Waals surface area contributed by atoms with Crippen LogP contribution >= 0.6 is 0 Å². The maximum atomic E-state index is 13.3. The van der Waals surface area contributed by atoms with Gasteiger partial charge >= 0.3 is 0 Å². The van der Waals surface area contributed by atoms with E-state index in [4.69, 9.17) is 5.73 Å². The second kappa shape index (κ2) is 9.33. The Labute approximate surface area is 145 Å². The van der Waals surface area contributed by atoms with Crippen molar-refractivity contribution in [1.29, 1.82) is 0 Å². The highest BCUT2D eigenvalue weighted by molar-refractivity contribution is 5.76. The lowest BCUT2D eigenvalue weighted by atomic mass is 10.0. The molecule has 0 fully saturated rings. The van der Waals surface area contributed by atoms with Crippen LogP contribution in [0.1, 0.15) is 16.7 Å². The minimum Gasteiger partial charge on any atom is -0.369 e. The van der Waals surface area contributed by atoms with Gasteiger partial charge in [0.05, 0.1) is 6.42 Å². The van der Waals surface area contributed by atoms with Crippen LogP contribution < -0.4 is 5.73 Å². The topological polar surface area (TPSA) is 43.1 Å². The molecule has 3 aromatic rings. The van der Waals surface area contributed by atoms with Crippen LogP contribution in [0.4, 0.5) is 8.78 Å². The summed E-state index contributed by atoms with van der Waals surface area (Å²) in [5.74, 6) is -0.777. The molecule has 0 heterocycles. The molecule has 0 aliphatic carbocycles. The van der Waals surface area contributed by atoms with Crippen LogP contribution in [0.3, 0.4) is 0 Å². The smallest absolute Gasteiger partial charge is 0.221 e. The van der Waals surface area contributed by atoms with Gasteiger partial charge in [0.1, 0.15) is 11.6 Å². The normalized spacial score (nSPS) is 9.84. The molecule has 128 valence electrons. The predicted octanol–water partition coefficient (Wildman–Crippen LogP) is 4.27. The predicted molar refractivity (Wildman–Crippen MR) is 94.9 cm³/mol. The average molecular weight is 339 g/mol. The summed E-state index contributed by atoms with van der Waals surface area (Å²) in [4.78, 5) is 10.4. The number of hydrogen-bond donors (Lipinski definition) is 1. The van der Waals surface area contributed by atoms with Gasteiger partial charge in [0.15, 0.2) is 0 Å². The van der Waals surface area contributed by atoms with Crippen molar-refractivity contribution in [2.24, 2.45) is 5.73 Å². The van der Waals surface area contributed by atoms with Crippen molar-refractivity contribution in [2.45, 2.75) is 12.8 Å². The third-order valence-corrected chi connectivity index (χ3v) is 3.49. The first-order valence-electron chi connectivity index (χ1n) is 7.84. The van der Waals surface area contributed by atoms with E-state index in [0.29, 0.717) is 18.4 Å². The number of benzene rings is 3. The standard InChI is InChI=1S/C13H10F2.C8H9NO/c14-12-7-5-10(6-8-12)9-11-3-1-2-4-13(11)15;9-8(10)6-7-4-2-1-3-5-7/h1-8H,9H2;1-5H,6H2,(H2,9,10). The molecule has 1 amide bonds. The van der Waals surface area contributed by atoms with Gasteiger partial charge in [-0.15, -0.1) is 0 Å². The number of hydrogen-bond acceptors (Lipinski definition) is 1.